The summed E-state index contributed by atoms with van der Waals surface area (Å²) in [6.07, 6.45) is 2.08. The van der Waals surface area contributed by atoms with Crippen molar-refractivity contribution in [3.8, 4) is 0 Å². The molecule has 1 rings (SSSR count). The van der Waals surface area contributed by atoms with Gasteiger partial charge in [-0.15, -0.1) is 5.06 Å². The number of carbonyl (C=O) groups is 3. The van der Waals surface area contributed by atoms with E-state index in [1.807, 2.05) is 0 Å². The van der Waals surface area contributed by atoms with Crippen LogP contribution in [0, 0.1) is 0 Å². The van der Waals surface area contributed by atoms with Gasteiger partial charge in [0.25, 0.3) is 11.8 Å². The molecular weight excluding hydrogens is 238 g/mol. The summed E-state index contributed by atoms with van der Waals surface area (Å²) in [4.78, 5) is 38.0. The van der Waals surface area contributed by atoms with Crippen LogP contribution in [0.5, 0.6) is 0 Å². The average Bonchev–Trinajstić information content (AvgIpc) is 2.49. The maximum atomic E-state index is 11.2. The average molecular weight is 249 g/mol. The van der Waals surface area contributed by atoms with Gasteiger partial charge in [-0.1, -0.05) is 0 Å². The number of amides is 2. The third-order valence-corrected chi connectivity index (χ3v) is 3.34. The SMILES string of the molecule is CSC(S)CC(=O)ON1C(=O)CCC1=O. The Bertz CT molecular complexity index is 278. The largest absolute Gasteiger partial charge is 0.335 e. The van der Waals surface area contributed by atoms with Gasteiger partial charge in [-0.05, 0) is 6.26 Å². The van der Waals surface area contributed by atoms with E-state index in [0.717, 1.165) is 0 Å². The lowest BCUT2D eigenvalue weighted by molar-refractivity contribution is -0.197. The van der Waals surface area contributed by atoms with Crippen LogP contribution in [-0.2, 0) is 19.2 Å². The zero-order valence-corrected chi connectivity index (χ0v) is 9.85. The highest BCUT2D eigenvalue weighted by Gasteiger charge is 2.32. The molecule has 1 aliphatic rings. The highest BCUT2D eigenvalue weighted by molar-refractivity contribution is 8.09. The molecule has 7 heteroatoms. The summed E-state index contributed by atoms with van der Waals surface area (Å²) in [5, 5.41) is 0.545. The van der Waals surface area contributed by atoms with E-state index < -0.39 is 17.8 Å². The van der Waals surface area contributed by atoms with E-state index in [2.05, 4.69) is 17.5 Å². The van der Waals surface area contributed by atoms with Crippen molar-refractivity contribution in [2.45, 2.75) is 23.8 Å². The van der Waals surface area contributed by atoms with Gasteiger partial charge >= 0.3 is 5.97 Å². The minimum Gasteiger partial charge on any atom is -0.330 e. The molecule has 15 heavy (non-hydrogen) atoms. The normalized spacial score (nSPS) is 18.1. The smallest absolute Gasteiger partial charge is 0.330 e. The molecule has 0 aromatic rings. The molecule has 0 N–H and O–H groups in total. The van der Waals surface area contributed by atoms with Crippen LogP contribution in [0.2, 0.25) is 0 Å². The Labute approximate surface area is 96.9 Å². The van der Waals surface area contributed by atoms with Gasteiger partial charge in [-0.2, -0.15) is 24.4 Å². The summed E-state index contributed by atoms with van der Waals surface area (Å²) in [5.74, 6) is -1.55. The van der Waals surface area contributed by atoms with Crippen molar-refractivity contribution in [2.75, 3.05) is 6.26 Å². The molecule has 1 unspecified atom stereocenters. The first kappa shape index (κ1) is 12.4. The van der Waals surface area contributed by atoms with Gasteiger partial charge in [-0.25, -0.2) is 4.79 Å². The lowest BCUT2D eigenvalue weighted by Gasteiger charge is -2.13. The van der Waals surface area contributed by atoms with Crippen LogP contribution in [-0.4, -0.2) is 33.7 Å². The first-order valence-corrected chi connectivity index (χ1v) is 6.12. The fourth-order valence-corrected chi connectivity index (χ4v) is 1.47. The van der Waals surface area contributed by atoms with E-state index in [1.165, 1.54) is 11.8 Å². The summed E-state index contributed by atoms with van der Waals surface area (Å²) in [6.45, 7) is 0. The minimum absolute atomic E-state index is 0.0569. The number of rotatable bonds is 4. The number of thiol groups is 1. The summed E-state index contributed by atoms with van der Waals surface area (Å²) in [5.41, 5.74) is 0. The van der Waals surface area contributed by atoms with Crippen LogP contribution in [0.3, 0.4) is 0 Å². The van der Waals surface area contributed by atoms with Crippen LogP contribution < -0.4 is 0 Å². The van der Waals surface area contributed by atoms with Gasteiger partial charge in [0, 0.05) is 12.8 Å². The first-order chi connectivity index (χ1) is 7.04. The Hall–Kier alpha value is -0.690. The van der Waals surface area contributed by atoms with E-state index in [1.54, 1.807) is 6.26 Å². The van der Waals surface area contributed by atoms with Crippen LogP contribution in [0.25, 0.3) is 0 Å². The molecule has 1 saturated heterocycles. The number of carbonyl (C=O) groups excluding carboxylic acids is 3. The lowest BCUT2D eigenvalue weighted by atomic mass is 10.4. The van der Waals surface area contributed by atoms with Crippen LogP contribution >= 0.6 is 24.4 Å². The van der Waals surface area contributed by atoms with Crippen molar-refractivity contribution >= 4 is 42.2 Å². The molecule has 1 atom stereocenters. The predicted octanol–water partition coefficient (Wildman–Crippen LogP) is 0.603. The molecule has 2 amide bonds. The Morgan fingerprint density at radius 2 is 2.07 bits per heavy atom. The van der Waals surface area contributed by atoms with Crippen LogP contribution in [0.1, 0.15) is 19.3 Å². The van der Waals surface area contributed by atoms with Gasteiger partial charge in [0.2, 0.25) is 0 Å². The van der Waals surface area contributed by atoms with Gasteiger partial charge in [0.1, 0.15) is 0 Å². The van der Waals surface area contributed by atoms with E-state index in [-0.39, 0.29) is 23.8 Å². The lowest BCUT2D eigenvalue weighted by Crippen LogP contribution is -2.32. The number of hydroxylamine groups is 2. The van der Waals surface area contributed by atoms with Crippen molar-refractivity contribution in [2.24, 2.45) is 0 Å². The Morgan fingerprint density at radius 1 is 1.53 bits per heavy atom. The molecule has 0 aromatic carbocycles. The minimum atomic E-state index is -0.618. The predicted molar refractivity (Wildman–Crippen MR) is 58.1 cm³/mol. The fourth-order valence-electron chi connectivity index (χ4n) is 1.02. The van der Waals surface area contributed by atoms with E-state index in [4.69, 9.17) is 0 Å². The molecule has 0 aliphatic carbocycles. The maximum Gasteiger partial charge on any atom is 0.335 e. The van der Waals surface area contributed by atoms with Gasteiger partial charge in [-0.3, -0.25) is 9.59 Å². The zero-order chi connectivity index (χ0) is 11.4. The number of imide groups is 1. The Kier molecular flexibility index (Phi) is 4.46. The molecule has 84 valence electrons. The Morgan fingerprint density at radius 3 is 2.53 bits per heavy atom. The zero-order valence-electron chi connectivity index (χ0n) is 8.13. The summed E-state index contributed by atoms with van der Waals surface area (Å²) < 4.78 is -0.190. The van der Waals surface area contributed by atoms with Crippen LogP contribution in [0.15, 0.2) is 0 Å². The molecule has 0 aromatic heterocycles. The van der Waals surface area contributed by atoms with Crippen molar-refractivity contribution < 1.29 is 19.2 Å². The van der Waals surface area contributed by atoms with E-state index in [9.17, 15) is 14.4 Å². The Balaban J connectivity index is 2.44. The molecule has 0 radical (unpaired) electrons. The molecule has 0 bridgehead atoms. The van der Waals surface area contributed by atoms with E-state index >= 15 is 0 Å². The fraction of sp³-hybridized carbons (Fsp3) is 0.625. The van der Waals surface area contributed by atoms with Crippen molar-refractivity contribution in [3.05, 3.63) is 0 Å². The maximum absolute atomic E-state index is 11.2. The number of hydrogen-bond acceptors (Lipinski definition) is 6. The third kappa shape index (κ3) is 3.42. The standard InChI is InChI=1S/C8H11NO4S2/c1-15-8(14)4-7(12)13-9-5(10)2-3-6(9)11/h8,14H,2-4H2,1H3. The molecule has 1 aliphatic heterocycles. The monoisotopic (exact) mass is 249 g/mol. The number of nitrogens with zero attached hydrogens (tertiary/aromatic N) is 1. The van der Waals surface area contributed by atoms with Crippen molar-refractivity contribution in [1.29, 1.82) is 0 Å². The molecular formula is C8H11NO4S2. The quantitative estimate of drug-likeness (QED) is 0.449. The van der Waals surface area contributed by atoms with Gasteiger partial charge < -0.3 is 4.84 Å². The molecule has 0 saturated carbocycles. The molecule has 1 heterocycles. The second-order valence-corrected chi connectivity index (χ2v) is 4.95. The van der Waals surface area contributed by atoms with Gasteiger partial charge in [0.05, 0.1) is 11.0 Å². The van der Waals surface area contributed by atoms with Crippen molar-refractivity contribution in [1.82, 2.24) is 5.06 Å². The van der Waals surface area contributed by atoms with Crippen LogP contribution in [0.4, 0.5) is 0 Å². The topological polar surface area (TPSA) is 63.7 Å². The molecule has 5 nitrogen and oxygen atoms in total. The first-order valence-electron chi connectivity index (χ1n) is 4.32. The summed E-state index contributed by atoms with van der Waals surface area (Å²) in [7, 11) is 0. The highest BCUT2D eigenvalue weighted by atomic mass is 32.2. The summed E-state index contributed by atoms with van der Waals surface area (Å²) >= 11 is 5.47. The second-order valence-electron chi connectivity index (χ2n) is 2.94. The van der Waals surface area contributed by atoms with Crippen molar-refractivity contribution in [3.63, 3.8) is 0 Å². The van der Waals surface area contributed by atoms with Gasteiger partial charge in [0.15, 0.2) is 0 Å². The second kappa shape index (κ2) is 5.41. The molecule has 0 spiro atoms. The highest BCUT2D eigenvalue weighted by Crippen LogP contribution is 2.17. The summed E-state index contributed by atoms with van der Waals surface area (Å²) in [6, 6.07) is 0. The number of hydrogen-bond donors (Lipinski definition) is 1. The number of thioether (sulfide) groups is 1. The van der Waals surface area contributed by atoms with E-state index in [0.29, 0.717) is 5.06 Å². The third-order valence-electron chi connectivity index (χ3n) is 1.81. The molecule has 1 fully saturated rings.